The molecule has 6 heteroatoms. The average molecular weight is 277 g/mol. The van der Waals surface area contributed by atoms with Gasteiger partial charge in [-0.1, -0.05) is 23.2 Å². The molecule has 1 atom stereocenters. The molecule has 0 saturated carbocycles. The number of likely N-dealkylation sites (tertiary alicyclic amines) is 1. The molecule has 1 aromatic rings. The standard InChI is InChI=1S/C11H11Cl2FN2O/c12-8-4-9(13)10(14)3-7(8)11(17)16-2-1-6(15)5-16/h3-4,6H,1-2,5,15H2/t6-/m1/s1. The van der Waals surface area contributed by atoms with Crippen molar-refractivity contribution in [1.82, 2.24) is 4.90 Å². The first-order chi connectivity index (χ1) is 7.99. The summed E-state index contributed by atoms with van der Waals surface area (Å²) in [6, 6.07) is 2.29. The van der Waals surface area contributed by atoms with Gasteiger partial charge in [0.05, 0.1) is 15.6 Å². The number of carbonyl (C=O) groups excluding carboxylic acids is 1. The van der Waals surface area contributed by atoms with E-state index in [4.69, 9.17) is 28.9 Å². The van der Waals surface area contributed by atoms with Gasteiger partial charge in [-0.15, -0.1) is 0 Å². The van der Waals surface area contributed by atoms with Crippen LogP contribution in [0.1, 0.15) is 16.8 Å². The highest BCUT2D eigenvalue weighted by Crippen LogP contribution is 2.26. The molecule has 0 spiro atoms. The van der Waals surface area contributed by atoms with Crippen LogP contribution in [0.15, 0.2) is 12.1 Å². The highest BCUT2D eigenvalue weighted by molar-refractivity contribution is 6.36. The molecule has 0 aliphatic carbocycles. The molecule has 1 fully saturated rings. The predicted molar refractivity (Wildman–Crippen MR) is 64.9 cm³/mol. The molecular formula is C11H11Cl2FN2O. The van der Waals surface area contributed by atoms with Crippen molar-refractivity contribution >= 4 is 29.1 Å². The molecule has 1 aliphatic rings. The fraction of sp³-hybridized carbons (Fsp3) is 0.364. The predicted octanol–water partition coefficient (Wildman–Crippen LogP) is 2.31. The summed E-state index contributed by atoms with van der Waals surface area (Å²) in [5, 5.41) is 0.0616. The van der Waals surface area contributed by atoms with Crippen molar-refractivity contribution in [2.45, 2.75) is 12.5 Å². The first-order valence-electron chi connectivity index (χ1n) is 5.18. The van der Waals surface area contributed by atoms with E-state index in [0.29, 0.717) is 13.1 Å². The maximum absolute atomic E-state index is 13.3. The molecule has 1 aliphatic heterocycles. The lowest BCUT2D eigenvalue weighted by Crippen LogP contribution is -2.32. The number of benzene rings is 1. The Morgan fingerprint density at radius 1 is 1.41 bits per heavy atom. The number of nitrogens with two attached hydrogens (primary N) is 1. The maximum Gasteiger partial charge on any atom is 0.255 e. The van der Waals surface area contributed by atoms with E-state index in [1.54, 1.807) is 4.90 Å². The van der Waals surface area contributed by atoms with Crippen molar-refractivity contribution in [3.8, 4) is 0 Å². The molecule has 2 rings (SSSR count). The fourth-order valence-corrected chi connectivity index (χ4v) is 2.29. The number of halogens is 3. The lowest BCUT2D eigenvalue weighted by atomic mass is 10.2. The molecule has 0 aromatic heterocycles. The summed E-state index contributed by atoms with van der Waals surface area (Å²) >= 11 is 11.5. The van der Waals surface area contributed by atoms with Gasteiger partial charge in [0.1, 0.15) is 5.82 Å². The van der Waals surface area contributed by atoms with Gasteiger partial charge in [-0.3, -0.25) is 4.79 Å². The summed E-state index contributed by atoms with van der Waals surface area (Å²) < 4.78 is 13.3. The smallest absolute Gasteiger partial charge is 0.255 e. The zero-order valence-corrected chi connectivity index (χ0v) is 10.4. The van der Waals surface area contributed by atoms with Crippen LogP contribution in [0.3, 0.4) is 0 Å². The summed E-state index contributed by atoms with van der Waals surface area (Å²) in [7, 11) is 0. The summed E-state index contributed by atoms with van der Waals surface area (Å²) in [5.74, 6) is -0.957. The second kappa shape index (κ2) is 4.80. The summed E-state index contributed by atoms with van der Waals surface area (Å²) in [6.45, 7) is 1.04. The van der Waals surface area contributed by atoms with Crippen LogP contribution in [-0.2, 0) is 0 Å². The molecule has 3 nitrogen and oxygen atoms in total. The van der Waals surface area contributed by atoms with Gasteiger partial charge < -0.3 is 10.6 Å². The van der Waals surface area contributed by atoms with E-state index < -0.39 is 5.82 Å². The number of hydrogen-bond donors (Lipinski definition) is 1. The number of amides is 1. The summed E-state index contributed by atoms with van der Waals surface area (Å²) in [6.07, 6.45) is 0.749. The monoisotopic (exact) mass is 276 g/mol. The molecule has 0 unspecified atom stereocenters. The first kappa shape index (κ1) is 12.6. The van der Waals surface area contributed by atoms with Crippen molar-refractivity contribution in [2.75, 3.05) is 13.1 Å². The van der Waals surface area contributed by atoms with Crippen molar-refractivity contribution in [3.63, 3.8) is 0 Å². The Bertz CT molecular complexity index is 467. The molecule has 2 N–H and O–H groups in total. The molecule has 1 amide bonds. The molecule has 92 valence electrons. The van der Waals surface area contributed by atoms with Gasteiger partial charge in [-0.2, -0.15) is 0 Å². The molecule has 1 aromatic carbocycles. The van der Waals surface area contributed by atoms with Crippen LogP contribution >= 0.6 is 23.2 Å². The SMILES string of the molecule is N[C@@H]1CCN(C(=O)c2cc(F)c(Cl)cc2Cl)C1. The minimum Gasteiger partial charge on any atom is -0.337 e. The second-order valence-electron chi connectivity index (χ2n) is 4.05. The van der Waals surface area contributed by atoms with Crippen molar-refractivity contribution < 1.29 is 9.18 Å². The maximum atomic E-state index is 13.3. The summed E-state index contributed by atoms with van der Waals surface area (Å²) in [5.41, 5.74) is 5.84. The van der Waals surface area contributed by atoms with Crippen LogP contribution in [-0.4, -0.2) is 29.9 Å². The van der Waals surface area contributed by atoms with Gasteiger partial charge in [-0.25, -0.2) is 4.39 Å². The highest BCUT2D eigenvalue weighted by atomic mass is 35.5. The minimum atomic E-state index is -0.650. The number of nitrogens with zero attached hydrogens (tertiary/aromatic N) is 1. The largest absolute Gasteiger partial charge is 0.337 e. The number of carbonyl (C=O) groups is 1. The lowest BCUT2D eigenvalue weighted by molar-refractivity contribution is 0.0790. The van der Waals surface area contributed by atoms with Crippen LogP contribution in [0, 0.1) is 5.82 Å². The van der Waals surface area contributed by atoms with Crippen LogP contribution in [0.2, 0.25) is 10.0 Å². The Morgan fingerprint density at radius 3 is 2.71 bits per heavy atom. The highest BCUT2D eigenvalue weighted by Gasteiger charge is 2.26. The average Bonchev–Trinajstić information content (AvgIpc) is 2.69. The van der Waals surface area contributed by atoms with Crippen LogP contribution in [0.4, 0.5) is 4.39 Å². The topological polar surface area (TPSA) is 46.3 Å². The molecular weight excluding hydrogens is 266 g/mol. The second-order valence-corrected chi connectivity index (χ2v) is 4.86. The molecule has 17 heavy (non-hydrogen) atoms. The van der Waals surface area contributed by atoms with Crippen molar-refractivity contribution in [3.05, 3.63) is 33.6 Å². The number of hydrogen-bond acceptors (Lipinski definition) is 2. The van der Waals surface area contributed by atoms with E-state index >= 15 is 0 Å². The Kier molecular flexibility index (Phi) is 3.56. The molecule has 0 radical (unpaired) electrons. The van der Waals surface area contributed by atoms with E-state index in [2.05, 4.69) is 0 Å². The number of rotatable bonds is 1. The molecule has 1 saturated heterocycles. The third-order valence-electron chi connectivity index (χ3n) is 2.75. The Hall–Kier alpha value is -0.840. The third-order valence-corrected chi connectivity index (χ3v) is 3.35. The van der Waals surface area contributed by atoms with Crippen LogP contribution < -0.4 is 5.73 Å². The van der Waals surface area contributed by atoms with E-state index in [9.17, 15) is 9.18 Å². The molecule has 0 bridgehead atoms. The van der Waals surface area contributed by atoms with Crippen LogP contribution in [0.5, 0.6) is 0 Å². The van der Waals surface area contributed by atoms with E-state index in [1.807, 2.05) is 0 Å². The molecule has 1 heterocycles. The van der Waals surface area contributed by atoms with Gasteiger partial charge in [0.2, 0.25) is 0 Å². The van der Waals surface area contributed by atoms with Crippen molar-refractivity contribution in [2.24, 2.45) is 5.73 Å². The van der Waals surface area contributed by atoms with Gasteiger partial charge in [-0.05, 0) is 18.6 Å². The van der Waals surface area contributed by atoms with E-state index in [0.717, 1.165) is 12.5 Å². The lowest BCUT2D eigenvalue weighted by Gasteiger charge is -2.16. The zero-order valence-electron chi connectivity index (χ0n) is 8.92. The van der Waals surface area contributed by atoms with Crippen molar-refractivity contribution in [1.29, 1.82) is 0 Å². The normalized spacial score (nSPS) is 19.8. The van der Waals surface area contributed by atoms with E-state index in [-0.39, 0.29) is 27.6 Å². The Morgan fingerprint density at radius 2 is 2.12 bits per heavy atom. The third kappa shape index (κ3) is 2.54. The van der Waals surface area contributed by atoms with Gasteiger partial charge in [0.15, 0.2) is 0 Å². The Balaban J connectivity index is 2.28. The van der Waals surface area contributed by atoms with Gasteiger partial charge in [0, 0.05) is 19.1 Å². The van der Waals surface area contributed by atoms with Gasteiger partial charge in [0.25, 0.3) is 5.91 Å². The minimum absolute atomic E-state index is 0.0186. The Labute approximate surface area is 108 Å². The quantitative estimate of drug-likeness (QED) is 0.801. The van der Waals surface area contributed by atoms with Crippen LogP contribution in [0.25, 0.3) is 0 Å². The first-order valence-corrected chi connectivity index (χ1v) is 5.94. The zero-order chi connectivity index (χ0) is 12.6. The van der Waals surface area contributed by atoms with Gasteiger partial charge >= 0.3 is 0 Å². The summed E-state index contributed by atoms with van der Waals surface area (Å²) in [4.78, 5) is 13.6. The van der Waals surface area contributed by atoms with E-state index in [1.165, 1.54) is 6.07 Å². The fourth-order valence-electron chi connectivity index (χ4n) is 1.83.